The van der Waals surface area contributed by atoms with Gasteiger partial charge in [0.15, 0.2) is 0 Å². The summed E-state index contributed by atoms with van der Waals surface area (Å²) in [5.74, 6) is 0.497. The summed E-state index contributed by atoms with van der Waals surface area (Å²) in [6.07, 6.45) is 2.45. The summed E-state index contributed by atoms with van der Waals surface area (Å²) >= 11 is 0. The number of benzene rings is 1. The zero-order chi connectivity index (χ0) is 12.7. The number of ether oxygens (including phenoxy) is 1. The standard InChI is InChI=1S/C12H16N2O3/c1-3-5-6-17-12-8-10(13-4-2)7-11(9-12)14(15)16/h3,7-9,13H,1,4-6H2,2H3. The summed E-state index contributed by atoms with van der Waals surface area (Å²) in [5.41, 5.74) is 0.715. The predicted octanol–water partition coefficient (Wildman–Crippen LogP) is 2.98. The van der Waals surface area contributed by atoms with Crippen LogP contribution in [0.4, 0.5) is 11.4 Å². The van der Waals surface area contributed by atoms with E-state index < -0.39 is 4.92 Å². The van der Waals surface area contributed by atoms with Crippen LogP contribution in [-0.4, -0.2) is 18.1 Å². The molecule has 0 radical (unpaired) electrons. The third-order valence-corrected chi connectivity index (χ3v) is 2.07. The number of hydrogen-bond donors (Lipinski definition) is 1. The Morgan fingerprint density at radius 1 is 1.53 bits per heavy atom. The summed E-state index contributed by atoms with van der Waals surface area (Å²) in [6.45, 7) is 6.68. The quantitative estimate of drug-likeness (QED) is 0.342. The SMILES string of the molecule is C=CCCOc1cc(NCC)cc([N+](=O)[O-])c1. The Hall–Kier alpha value is -2.04. The van der Waals surface area contributed by atoms with Gasteiger partial charge in [-0.2, -0.15) is 0 Å². The van der Waals surface area contributed by atoms with Crippen LogP contribution in [0.5, 0.6) is 5.75 Å². The highest BCUT2D eigenvalue weighted by Crippen LogP contribution is 2.26. The van der Waals surface area contributed by atoms with Gasteiger partial charge in [-0.1, -0.05) is 6.08 Å². The molecule has 1 aromatic carbocycles. The molecule has 1 aromatic rings. The van der Waals surface area contributed by atoms with Crippen molar-refractivity contribution in [1.82, 2.24) is 0 Å². The fourth-order valence-electron chi connectivity index (χ4n) is 1.34. The number of nitro benzene ring substituents is 1. The number of rotatable bonds is 7. The molecule has 0 aliphatic heterocycles. The summed E-state index contributed by atoms with van der Waals surface area (Å²) in [5, 5.41) is 13.8. The molecule has 0 unspecified atom stereocenters. The van der Waals surface area contributed by atoms with Gasteiger partial charge in [-0.15, -0.1) is 6.58 Å². The molecular weight excluding hydrogens is 220 g/mol. The second-order valence-electron chi connectivity index (χ2n) is 3.43. The molecule has 5 heteroatoms. The maximum atomic E-state index is 10.7. The Kier molecular flexibility index (Phi) is 5.00. The third kappa shape index (κ3) is 4.14. The summed E-state index contributed by atoms with van der Waals surface area (Å²) in [4.78, 5) is 10.3. The van der Waals surface area contributed by atoms with E-state index in [1.165, 1.54) is 12.1 Å². The van der Waals surface area contributed by atoms with Crippen molar-refractivity contribution in [3.05, 3.63) is 41.0 Å². The van der Waals surface area contributed by atoms with Crippen LogP contribution in [-0.2, 0) is 0 Å². The molecule has 0 heterocycles. The zero-order valence-corrected chi connectivity index (χ0v) is 9.81. The molecule has 0 bridgehead atoms. The van der Waals surface area contributed by atoms with Gasteiger partial charge in [-0.3, -0.25) is 10.1 Å². The van der Waals surface area contributed by atoms with Crippen molar-refractivity contribution in [3.8, 4) is 5.75 Å². The van der Waals surface area contributed by atoms with Crippen LogP contribution in [0.25, 0.3) is 0 Å². The maximum absolute atomic E-state index is 10.7. The summed E-state index contributed by atoms with van der Waals surface area (Å²) in [7, 11) is 0. The van der Waals surface area contributed by atoms with E-state index >= 15 is 0 Å². The van der Waals surface area contributed by atoms with Crippen LogP contribution >= 0.6 is 0 Å². The van der Waals surface area contributed by atoms with Crippen LogP contribution in [0, 0.1) is 10.1 Å². The Morgan fingerprint density at radius 3 is 2.88 bits per heavy atom. The normalized spacial score (nSPS) is 9.71. The number of hydrogen-bond acceptors (Lipinski definition) is 4. The van der Waals surface area contributed by atoms with Crippen molar-refractivity contribution in [2.45, 2.75) is 13.3 Å². The summed E-state index contributed by atoms with van der Waals surface area (Å²) in [6, 6.07) is 4.66. The lowest BCUT2D eigenvalue weighted by molar-refractivity contribution is -0.384. The van der Waals surface area contributed by atoms with Crippen LogP contribution in [0.15, 0.2) is 30.9 Å². The molecule has 0 saturated heterocycles. The Balaban J connectivity index is 2.86. The first kappa shape index (κ1) is 13.0. The second kappa shape index (κ2) is 6.52. The molecule has 0 aromatic heterocycles. The van der Waals surface area contributed by atoms with E-state index in [1.54, 1.807) is 12.1 Å². The molecule has 0 amide bonds. The van der Waals surface area contributed by atoms with Gasteiger partial charge < -0.3 is 10.1 Å². The van der Waals surface area contributed by atoms with Crippen LogP contribution in [0.1, 0.15) is 13.3 Å². The Morgan fingerprint density at radius 2 is 2.29 bits per heavy atom. The zero-order valence-electron chi connectivity index (χ0n) is 9.81. The molecule has 0 saturated carbocycles. The average Bonchev–Trinajstić information content (AvgIpc) is 2.29. The van der Waals surface area contributed by atoms with Gasteiger partial charge in [0.1, 0.15) is 5.75 Å². The minimum absolute atomic E-state index is 0.0250. The fraction of sp³-hybridized carbons (Fsp3) is 0.333. The lowest BCUT2D eigenvalue weighted by atomic mass is 10.2. The molecule has 0 fully saturated rings. The number of nitro groups is 1. The van der Waals surface area contributed by atoms with E-state index in [1.807, 2.05) is 6.92 Å². The van der Waals surface area contributed by atoms with Crippen molar-refractivity contribution >= 4 is 11.4 Å². The molecular formula is C12H16N2O3. The summed E-state index contributed by atoms with van der Waals surface area (Å²) < 4.78 is 5.41. The van der Waals surface area contributed by atoms with Crippen molar-refractivity contribution in [1.29, 1.82) is 0 Å². The number of non-ortho nitro benzene ring substituents is 1. The lowest BCUT2D eigenvalue weighted by Crippen LogP contribution is -2.01. The predicted molar refractivity (Wildman–Crippen MR) is 67.6 cm³/mol. The van der Waals surface area contributed by atoms with Gasteiger partial charge in [0.25, 0.3) is 5.69 Å². The van der Waals surface area contributed by atoms with Gasteiger partial charge in [0.05, 0.1) is 17.6 Å². The maximum Gasteiger partial charge on any atom is 0.275 e. The molecule has 0 atom stereocenters. The molecule has 17 heavy (non-hydrogen) atoms. The number of nitrogens with one attached hydrogen (secondary N) is 1. The lowest BCUT2D eigenvalue weighted by Gasteiger charge is -2.08. The molecule has 0 aliphatic carbocycles. The van der Waals surface area contributed by atoms with Crippen molar-refractivity contribution in [3.63, 3.8) is 0 Å². The van der Waals surface area contributed by atoms with Gasteiger partial charge in [0, 0.05) is 24.4 Å². The first-order chi connectivity index (χ1) is 8.17. The van der Waals surface area contributed by atoms with Gasteiger partial charge in [-0.05, 0) is 13.3 Å². The first-order valence-electron chi connectivity index (χ1n) is 5.44. The smallest absolute Gasteiger partial charge is 0.275 e. The van der Waals surface area contributed by atoms with Gasteiger partial charge >= 0.3 is 0 Å². The molecule has 1 N–H and O–H groups in total. The van der Waals surface area contributed by atoms with Crippen molar-refractivity contribution in [2.75, 3.05) is 18.5 Å². The van der Waals surface area contributed by atoms with E-state index in [0.717, 1.165) is 0 Å². The largest absolute Gasteiger partial charge is 0.493 e. The van der Waals surface area contributed by atoms with E-state index in [9.17, 15) is 10.1 Å². The van der Waals surface area contributed by atoms with Gasteiger partial charge in [-0.25, -0.2) is 0 Å². The van der Waals surface area contributed by atoms with E-state index in [2.05, 4.69) is 11.9 Å². The molecule has 92 valence electrons. The number of nitrogens with zero attached hydrogens (tertiary/aromatic N) is 1. The topological polar surface area (TPSA) is 64.4 Å². The third-order valence-electron chi connectivity index (χ3n) is 2.07. The minimum atomic E-state index is -0.429. The molecule has 0 aliphatic rings. The Labute approximate surface area is 100 Å². The highest BCUT2D eigenvalue weighted by atomic mass is 16.6. The highest BCUT2D eigenvalue weighted by Gasteiger charge is 2.10. The van der Waals surface area contributed by atoms with E-state index in [4.69, 9.17) is 4.74 Å². The Bertz CT molecular complexity index is 405. The molecule has 5 nitrogen and oxygen atoms in total. The number of anilines is 1. The van der Waals surface area contributed by atoms with Crippen LogP contribution in [0.2, 0.25) is 0 Å². The fourth-order valence-corrected chi connectivity index (χ4v) is 1.34. The van der Waals surface area contributed by atoms with E-state index in [-0.39, 0.29) is 5.69 Å². The second-order valence-corrected chi connectivity index (χ2v) is 3.43. The molecule has 0 spiro atoms. The van der Waals surface area contributed by atoms with Crippen molar-refractivity contribution in [2.24, 2.45) is 0 Å². The molecule has 1 rings (SSSR count). The first-order valence-corrected chi connectivity index (χ1v) is 5.44. The van der Waals surface area contributed by atoms with Crippen LogP contribution < -0.4 is 10.1 Å². The van der Waals surface area contributed by atoms with E-state index in [0.29, 0.717) is 31.0 Å². The van der Waals surface area contributed by atoms with Crippen LogP contribution in [0.3, 0.4) is 0 Å². The van der Waals surface area contributed by atoms with Crippen molar-refractivity contribution < 1.29 is 9.66 Å². The highest BCUT2D eigenvalue weighted by molar-refractivity contribution is 5.56. The monoisotopic (exact) mass is 236 g/mol. The average molecular weight is 236 g/mol. The minimum Gasteiger partial charge on any atom is -0.493 e. The van der Waals surface area contributed by atoms with Gasteiger partial charge in [0.2, 0.25) is 0 Å².